The Balaban J connectivity index is 0.000000365. The topological polar surface area (TPSA) is 48.1 Å². The second-order valence-corrected chi connectivity index (χ2v) is 16.5. The molecule has 12 heteroatoms. The highest BCUT2D eigenvalue weighted by molar-refractivity contribution is 6.31. The van der Waals surface area contributed by atoms with Crippen LogP contribution < -0.4 is 21.3 Å². The first kappa shape index (κ1) is 53.1. The molecule has 4 aliphatic rings. The Bertz CT molecular complexity index is 1500. The number of hydrogen-bond donors (Lipinski definition) is 4. The fourth-order valence-electron chi connectivity index (χ4n) is 7.62. The fourth-order valence-corrected chi connectivity index (χ4v) is 8.34. The maximum Gasteiger partial charge on any atom is 0.0409 e. The van der Waals surface area contributed by atoms with Gasteiger partial charge in [-0.15, -0.1) is 49.6 Å². The Kier molecular flexibility index (Phi) is 25.6. The molecule has 0 fully saturated rings. The molecule has 0 amide bonds. The minimum Gasteiger partial charge on any atom is -0.316 e. The summed E-state index contributed by atoms with van der Waals surface area (Å²) in [6.07, 6.45) is 4.49. The maximum absolute atomic E-state index is 5.97. The highest BCUT2D eigenvalue weighted by Crippen LogP contribution is 2.28. The van der Waals surface area contributed by atoms with E-state index in [4.69, 9.17) is 46.4 Å². The fraction of sp³-hybridized carbons (Fsp3) is 0.455. The van der Waals surface area contributed by atoms with E-state index in [9.17, 15) is 0 Å². The molecule has 4 aromatic rings. The van der Waals surface area contributed by atoms with Crippen molar-refractivity contribution in [1.82, 2.24) is 21.3 Å². The molecule has 0 aliphatic carbocycles. The van der Waals surface area contributed by atoms with Gasteiger partial charge in [-0.05, 0) is 169 Å². The average Bonchev–Trinajstić information content (AvgIpc) is 3.60. The van der Waals surface area contributed by atoms with Crippen molar-refractivity contribution in [2.24, 2.45) is 0 Å². The number of nitrogens with one attached hydrogen (secondary N) is 4. The molecule has 0 unspecified atom stereocenters. The lowest BCUT2D eigenvalue weighted by molar-refractivity contribution is 0.644. The number of hydrogen-bond acceptors (Lipinski definition) is 4. The van der Waals surface area contributed by atoms with Crippen molar-refractivity contribution >= 4 is 96.0 Å². The predicted octanol–water partition coefficient (Wildman–Crippen LogP) is 12.0. The van der Waals surface area contributed by atoms with Gasteiger partial charge < -0.3 is 21.3 Å². The normalized spacial score (nSPS) is 20.6. The van der Waals surface area contributed by atoms with Crippen LogP contribution in [0.3, 0.4) is 0 Å². The SMILES string of the molecule is C[C@H]1CNCCc2ccc(Cl)cc21.C[C@H]1CNCCc2ccc(Cl)cc21.C[C@H]1CNCCc2ccc(Cl)cc21.C[C@H]1CNCCc2ccc(Cl)cc21.Cl.Cl.Cl.Cl. The number of halogens is 8. The van der Waals surface area contributed by atoms with E-state index >= 15 is 0 Å². The summed E-state index contributed by atoms with van der Waals surface area (Å²) in [5.41, 5.74) is 11.4. The van der Waals surface area contributed by atoms with Crippen LogP contribution in [0, 0.1) is 0 Å². The van der Waals surface area contributed by atoms with Gasteiger partial charge in [-0.3, -0.25) is 0 Å². The highest BCUT2D eigenvalue weighted by Gasteiger charge is 2.17. The van der Waals surface area contributed by atoms with Gasteiger partial charge in [0, 0.05) is 46.3 Å². The largest absolute Gasteiger partial charge is 0.316 e. The first-order valence-corrected chi connectivity index (χ1v) is 20.6. The van der Waals surface area contributed by atoms with Crippen molar-refractivity contribution in [3.8, 4) is 0 Å². The van der Waals surface area contributed by atoms with Crippen molar-refractivity contribution in [1.29, 1.82) is 0 Å². The Labute approximate surface area is 381 Å². The lowest BCUT2D eigenvalue weighted by Crippen LogP contribution is -2.18. The van der Waals surface area contributed by atoms with Crippen LogP contribution in [0.1, 0.15) is 95.9 Å². The summed E-state index contributed by atoms with van der Waals surface area (Å²) >= 11 is 23.9. The van der Waals surface area contributed by atoms with Gasteiger partial charge in [0.2, 0.25) is 0 Å². The van der Waals surface area contributed by atoms with E-state index in [1.54, 1.807) is 0 Å². The third kappa shape index (κ3) is 15.9. The van der Waals surface area contributed by atoms with Crippen molar-refractivity contribution in [2.75, 3.05) is 52.4 Å². The Morgan fingerprint density at radius 3 is 0.750 bits per heavy atom. The van der Waals surface area contributed by atoms with E-state index in [1.807, 2.05) is 24.3 Å². The van der Waals surface area contributed by atoms with Gasteiger partial charge in [0.1, 0.15) is 0 Å². The molecular weight excluding hydrogens is 868 g/mol. The van der Waals surface area contributed by atoms with E-state index in [0.717, 1.165) is 98.1 Å². The standard InChI is InChI=1S/4C11H14ClN.4ClH/c4*1-8-7-13-5-4-9-2-3-10(12)6-11(8)9;;;;/h4*2-3,6,8,13H,4-5,7H2,1H3;4*1H/t4*8-;;;;/m0000..../s1. The molecule has 4 aliphatic heterocycles. The summed E-state index contributed by atoms with van der Waals surface area (Å²) in [6, 6.07) is 25.0. The molecule has 4 nitrogen and oxygen atoms in total. The van der Waals surface area contributed by atoms with Crippen LogP contribution in [0.25, 0.3) is 0 Å². The van der Waals surface area contributed by atoms with Crippen molar-refractivity contribution < 1.29 is 0 Å². The molecule has 0 radical (unpaired) electrons. The van der Waals surface area contributed by atoms with E-state index in [1.165, 1.54) is 44.5 Å². The molecule has 4 atom stereocenters. The van der Waals surface area contributed by atoms with Crippen LogP contribution in [0.4, 0.5) is 0 Å². The van der Waals surface area contributed by atoms with Crippen LogP contribution in [0.2, 0.25) is 20.1 Å². The van der Waals surface area contributed by atoms with Gasteiger partial charge in [-0.2, -0.15) is 0 Å². The van der Waals surface area contributed by atoms with E-state index in [2.05, 4.69) is 97.5 Å². The zero-order valence-corrected chi connectivity index (χ0v) is 39.2. The summed E-state index contributed by atoms with van der Waals surface area (Å²) in [5.74, 6) is 2.32. The van der Waals surface area contributed by atoms with Crippen molar-refractivity contribution in [2.45, 2.75) is 77.0 Å². The van der Waals surface area contributed by atoms with Gasteiger partial charge in [-0.1, -0.05) is 98.4 Å². The molecule has 312 valence electrons. The van der Waals surface area contributed by atoms with Gasteiger partial charge in [0.15, 0.2) is 0 Å². The summed E-state index contributed by atoms with van der Waals surface area (Å²) in [6.45, 7) is 17.6. The third-order valence-corrected chi connectivity index (χ3v) is 11.6. The van der Waals surface area contributed by atoms with Gasteiger partial charge in [-0.25, -0.2) is 0 Å². The summed E-state index contributed by atoms with van der Waals surface area (Å²) in [7, 11) is 0. The van der Waals surface area contributed by atoms with Crippen LogP contribution in [-0.4, -0.2) is 52.4 Å². The van der Waals surface area contributed by atoms with Crippen molar-refractivity contribution in [3.05, 3.63) is 137 Å². The smallest absolute Gasteiger partial charge is 0.0409 e. The van der Waals surface area contributed by atoms with Gasteiger partial charge in [0.05, 0.1) is 0 Å². The van der Waals surface area contributed by atoms with E-state index in [-0.39, 0.29) is 49.6 Å². The van der Waals surface area contributed by atoms with E-state index in [0.29, 0.717) is 23.7 Å². The second kappa shape index (κ2) is 27.0. The molecule has 0 spiro atoms. The first-order chi connectivity index (χ1) is 25.1. The number of benzene rings is 4. The number of fused-ring (bicyclic) bond motifs is 4. The zero-order valence-electron chi connectivity index (χ0n) is 32.9. The minimum absolute atomic E-state index is 0. The molecule has 0 saturated carbocycles. The van der Waals surface area contributed by atoms with Gasteiger partial charge >= 0.3 is 0 Å². The second-order valence-electron chi connectivity index (χ2n) is 14.8. The monoisotopic (exact) mass is 924 g/mol. The molecule has 4 N–H and O–H groups in total. The lowest BCUT2D eigenvalue weighted by Gasteiger charge is -2.11. The highest BCUT2D eigenvalue weighted by atomic mass is 35.5. The summed E-state index contributed by atoms with van der Waals surface area (Å²) in [4.78, 5) is 0. The molecule has 4 heterocycles. The first-order valence-electron chi connectivity index (χ1n) is 19.0. The lowest BCUT2D eigenvalue weighted by atomic mass is 9.96. The molecule has 0 aromatic heterocycles. The summed E-state index contributed by atoms with van der Waals surface area (Å²) < 4.78 is 0. The molecule has 4 aromatic carbocycles. The van der Waals surface area contributed by atoms with Crippen LogP contribution in [0.15, 0.2) is 72.8 Å². The molecule has 0 bridgehead atoms. The quantitative estimate of drug-likeness (QED) is 0.142. The van der Waals surface area contributed by atoms with Crippen LogP contribution >= 0.6 is 96.0 Å². The average molecular weight is 929 g/mol. The van der Waals surface area contributed by atoms with Crippen LogP contribution in [0.5, 0.6) is 0 Å². The zero-order chi connectivity index (χ0) is 37.0. The van der Waals surface area contributed by atoms with Crippen molar-refractivity contribution in [3.63, 3.8) is 0 Å². The minimum atomic E-state index is 0. The Morgan fingerprint density at radius 1 is 0.357 bits per heavy atom. The number of rotatable bonds is 0. The van der Waals surface area contributed by atoms with E-state index < -0.39 is 0 Å². The Hall–Kier alpha value is -0.960. The molecule has 56 heavy (non-hydrogen) atoms. The third-order valence-electron chi connectivity index (χ3n) is 10.6. The molecular formula is C44H60Cl8N4. The molecule has 0 saturated heterocycles. The summed E-state index contributed by atoms with van der Waals surface area (Å²) in [5, 5.41) is 17.1. The van der Waals surface area contributed by atoms with Crippen LogP contribution in [-0.2, 0) is 25.7 Å². The van der Waals surface area contributed by atoms with Gasteiger partial charge in [0.25, 0.3) is 0 Å². The maximum atomic E-state index is 5.97. The Morgan fingerprint density at radius 2 is 0.554 bits per heavy atom. The molecule has 8 rings (SSSR count). The predicted molar refractivity (Wildman–Crippen MR) is 255 cm³/mol.